The highest BCUT2D eigenvalue weighted by Gasteiger charge is 2.18. The zero-order valence-electron chi connectivity index (χ0n) is 15.7. The Morgan fingerprint density at radius 3 is 2.36 bits per heavy atom. The molecule has 0 radical (unpaired) electrons. The molecule has 0 aliphatic carbocycles. The van der Waals surface area contributed by atoms with Crippen molar-refractivity contribution in [2.75, 3.05) is 19.5 Å². The number of ether oxygens (including phenoxy) is 2. The van der Waals surface area contributed by atoms with E-state index in [1.54, 1.807) is 28.9 Å². The SMILES string of the molecule is COc1cc(NC(=O)c2nc(-n3nc(C)cc3C)ccc2Cl)c(OC)cc1Cl. The lowest BCUT2D eigenvalue weighted by Gasteiger charge is -2.14. The lowest BCUT2D eigenvalue weighted by atomic mass is 10.2. The molecular formula is C19H18Cl2N4O3. The van der Waals surface area contributed by atoms with Crippen LogP contribution >= 0.6 is 23.2 Å². The Balaban J connectivity index is 1.97. The fraction of sp³-hybridized carbons (Fsp3) is 0.211. The van der Waals surface area contributed by atoms with Crippen LogP contribution in [0.15, 0.2) is 30.3 Å². The summed E-state index contributed by atoms with van der Waals surface area (Å²) in [5.74, 6) is 0.759. The van der Waals surface area contributed by atoms with Gasteiger partial charge in [-0.2, -0.15) is 5.10 Å². The van der Waals surface area contributed by atoms with Crippen molar-refractivity contribution in [3.63, 3.8) is 0 Å². The van der Waals surface area contributed by atoms with Crippen LogP contribution in [0.25, 0.3) is 5.82 Å². The summed E-state index contributed by atoms with van der Waals surface area (Å²) in [5.41, 5.74) is 2.17. The molecule has 1 aromatic carbocycles. The van der Waals surface area contributed by atoms with Crippen LogP contribution in [0.4, 0.5) is 5.69 Å². The highest BCUT2D eigenvalue weighted by molar-refractivity contribution is 6.34. The van der Waals surface area contributed by atoms with E-state index in [9.17, 15) is 4.79 Å². The van der Waals surface area contributed by atoms with Gasteiger partial charge < -0.3 is 14.8 Å². The van der Waals surface area contributed by atoms with Gasteiger partial charge in [0, 0.05) is 17.8 Å². The Hall–Kier alpha value is -2.77. The van der Waals surface area contributed by atoms with Crippen LogP contribution in [0.1, 0.15) is 21.9 Å². The molecule has 0 aliphatic rings. The predicted molar refractivity (Wildman–Crippen MR) is 108 cm³/mol. The molecule has 0 saturated carbocycles. The first-order valence-corrected chi connectivity index (χ1v) is 9.02. The predicted octanol–water partition coefficient (Wildman–Crippen LogP) is 4.46. The Kier molecular flexibility index (Phi) is 5.76. The summed E-state index contributed by atoms with van der Waals surface area (Å²) in [6.45, 7) is 3.79. The maximum absolute atomic E-state index is 12.8. The number of amides is 1. The van der Waals surface area contributed by atoms with Gasteiger partial charge in [-0.15, -0.1) is 0 Å². The zero-order chi connectivity index (χ0) is 20.4. The van der Waals surface area contributed by atoms with Gasteiger partial charge in [0.15, 0.2) is 5.82 Å². The maximum Gasteiger partial charge on any atom is 0.276 e. The van der Waals surface area contributed by atoms with Crippen molar-refractivity contribution in [3.8, 4) is 17.3 Å². The molecule has 2 heterocycles. The Morgan fingerprint density at radius 1 is 1.04 bits per heavy atom. The Morgan fingerprint density at radius 2 is 1.75 bits per heavy atom. The number of pyridine rings is 1. The van der Waals surface area contributed by atoms with Crippen molar-refractivity contribution in [2.24, 2.45) is 0 Å². The summed E-state index contributed by atoms with van der Waals surface area (Å²) in [7, 11) is 2.96. The number of aromatic nitrogens is 3. The molecule has 146 valence electrons. The second-order valence-electron chi connectivity index (χ2n) is 5.98. The molecule has 3 rings (SSSR count). The first-order valence-electron chi connectivity index (χ1n) is 8.27. The van der Waals surface area contributed by atoms with Crippen molar-refractivity contribution in [1.82, 2.24) is 14.8 Å². The lowest BCUT2D eigenvalue weighted by molar-refractivity contribution is 0.102. The number of benzene rings is 1. The molecule has 3 aromatic rings. The summed E-state index contributed by atoms with van der Waals surface area (Å²) in [4.78, 5) is 17.2. The molecule has 1 amide bonds. The van der Waals surface area contributed by atoms with E-state index in [1.165, 1.54) is 14.2 Å². The van der Waals surface area contributed by atoms with Crippen LogP contribution < -0.4 is 14.8 Å². The topological polar surface area (TPSA) is 78.3 Å². The monoisotopic (exact) mass is 420 g/mol. The second kappa shape index (κ2) is 8.08. The molecule has 0 fully saturated rings. The molecule has 28 heavy (non-hydrogen) atoms. The molecule has 0 aliphatic heterocycles. The number of halogens is 2. The van der Waals surface area contributed by atoms with Gasteiger partial charge in [0.2, 0.25) is 0 Å². The molecule has 1 N–H and O–H groups in total. The van der Waals surface area contributed by atoms with Gasteiger partial charge in [-0.3, -0.25) is 4.79 Å². The molecule has 7 nitrogen and oxygen atoms in total. The summed E-state index contributed by atoms with van der Waals surface area (Å²) < 4.78 is 12.1. The van der Waals surface area contributed by atoms with E-state index in [0.717, 1.165) is 11.4 Å². The minimum Gasteiger partial charge on any atom is -0.495 e. The van der Waals surface area contributed by atoms with Gasteiger partial charge in [-0.1, -0.05) is 23.2 Å². The standard InChI is InChI=1S/C19H18Cl2N4O3/c1-10-7-11(2)25(24-10)17-6-5-12(20)18(23-17)19(26)22-14-9-15(27-3)13(21)8-16(14)28-4/h5-9H,1-4H3,(H,22,26). The minimum atomic E-state index is -0.504. The normalized spacial score (nSPS) is 10.6. The zero-order valence-corrected chi connectivity index (χ0v) is 17.2. The molecule has 0 bridgehead atoms. The molecule has 0 saturated heterocycles. The second-order valence-corrected chi connectivity index (χ2v) is 6.79. The van der Waals surface area contributed by atoms with Crippen molar-refractivity contribution in [3.05, 3.63) is 57.5 Å². The van der Waals surface area contributed by atoms with E-state index in [2.05, 4.69) is 15.4 Å². The third-order valence-electron chi connectivity index (χ3n) is 4.00. The molecule has 9 heteroatoms. The van der Waals surface area contributed by atoms with Crippen molar-refractivity contribution < 1.29 is 14.3 Å². The average Bonchev–Trinajstić information content (AvgIpc) is 3.01. The molecule has 0 unspecified atom stereocenters. The number of methoxy groups -OCH3 is 2. The van der Waals surface area contributed by atoms with Gasteiger partial charge in [0.25, 0.3) is 5.91 Å². The number of nitrogens with one attached hydrogen (secondary N) is 1. The molecule has 0 spiro atoms. The number of carbonyl (C=O) groups is 1. The highest BCUT2D eigenvalue weighted by atomic mass is 35.5. The van der Waals surface area contributed by atoms with Gasteiger partial charge in [0.05, 0.1) is 35.6 Å². The number of rotatable bonds is 5. The van der Waals surface area contributed by atoms with Gasteiger partial charge in [-0.05, 0) is 32.0 Å². The summed E-state index contributed by atoms with van der Waals surface area (Å²) in [6, 6.07) is 8.34. The van der Waals surface area contributed by atoms with Gasteiger partial charge in [0.1, 0.15) is 17.2 Å². The van der Waals surface area contributed by atoms with Gasteiger partial charge >= 0.3 is 0 Å². The smallest absolute Gasteiger partial charge is 0.276 e. The largest absolute Gasteiger partial charge is 0.495 e. The Labute approximate surface area is 172 Å². The fourth-order valence-electron chi connectivity index (χ4n) is 2.71. The van der Waals surface area contributed by atoms with Crippen LogP contribution in [0.2, 0.25) is 10.0 Å². The van der Waals surface area contributed by atoms with E-state index in [-0.39, 0.29) is 10.7 Å². The van der Waals surface area contributed by atoms with E-state index >= 15 is 0 Å². The van der Waals surface area contributed by atoms with Crippen molar-refractivity contribution in [2.45, 2.75) is 13.8 Å². The lowest BCUT2D eigenvalue weighted by Crippen LogP contribution is -2.16. The van der Waals surface area contributed by atoms with Crippen LogP contribution in [0.3, 0.4) is 0 Å². The van der Waals surface area contributed by atoms with Crippen molar-refractivity contribution in [1.29, 1.82) is 0 Å². The third-order valence-corrected chi connectivity index (χ3v) is 4.60. The quantitative estimate of drug-likeness (QED) is 0.658. The third kappa shape index (κ3) is 3.90. The number of carbonyl (C=O) groups excluding carboxylic acids is 1. The fourth-order valence-corrected chi connectivity index (χ4v) is 3.13. The summed E-state index contributed by atoms with van der Waals surface area (Å²) in [5, 5.41) is 7.69. The number of nitrogens with zero attached hydrogens (tertiary/aromatic N) is 3. The summed E-state index contributed by atoms with van der Waals surface area (Å²) in [6.07, 6.45) is 0. The maximum atomic E-state index is 12.8. The van der Waals surface area contributed by atoms with Crippen LogP contribution in [-0.2, 0) is 0 Å². The number of hydrogen-bond donors (Lipinski definition) is 1. The minimum absolute atomic E-state index is 0.0580. The van der Waals surface area contributed by atoms with Crippen LogP contribution in [-0.4, -0.2) is 34.9 Å². The Bertz CT molecular complexity index is 1050. The number of anilines is 1. The van der Waals surface area contributed by atoms with Crippen LogP contribution in [0.5, 0.6) is 11.5 Å². The first-order chi connectivity index (χ1) is 13.3. The molecule has 2 aromatic heterocycles. The van der Waals surface area contributed by atoms with E-state index in [1.807, 2.05) is 19.9 Å². The highest BCUT2D eigenvalue weighted by Crippen LogP contribution is 2.36. The number of hydrogen-bond acceptors (Lipinski definition) is 5. The summed E-state index contributed by atoms with van der Waals surface area (Å²) >= 11 is 12.3. The molecular weight excluding hydrogens is 403 g/mol. The van der Waals surface area contributed by atoms with Crippen molar-refractivity contribution >= 4 is 34.8 Å². The number of aryl methyl sites for hydroxylation is 2. The van der Waals surface area contributed by atoms with E-state index < -0.39 is 5.91 Å². The van der Waals surface area contributed by atoms with E-state index in [0.29, 0.717) is 28.0 Å². The van der Waals surface area contributed by atoms with Gasteiger partial charge in [-0.25, -0.2) is 9.67 Å². The average molecular weight is 421 g/mol. The first kappa shape index (κ1) is 20.0. The van der Waals surface area contributed by atoms with Crippen LogP contribution in [0, 0.1) is 13.8 Å². The molecule has 0 atom stereocenters. The van der Waals surface area contributed by atoms with E-state index in [4.69, 9.17) is 32.7 Å².